The Balaban J connectivity index is 3.68. The van der Waals surface area contributed by atoms with Gasteiger partial charge in [-0.2, -0.15) is 5.26 Å². The Morgan fingerprint density at radius 1 is 2.00 bits per heavy atom. The molecule has 0 radical (unpaired) electrons. The topological polar surface area (TPSA) is 78.9 Å². The van der Waals surface area contributed by atoms with Crippen molar-refractivity contribution in [2.75, 3.05) is 7.05 Å². The maximum atomic E-state index is 10.3. The van der Waals surface area contributed by atoms with Crippen LogP contribution >= 0.6 is 0 Å². The van der Waals surface area contributed by atoms with E-state index in [1.54, 1.807) is 6.07 Å². The van der Waals surface area contributed by atoms with E-state index in [-0.39, 0.29) is 0 Å². The maximum Gasteiger partial charge on any atom is 0.251 e. The van der Waals surface area contributed by atoms with E-state index in [1.165, 1.54) is 7.05 Å². The number of nitrogens with two attached hydrogens (primary N) is 1. The van der Waals surface area contributed by atoms with Gasteiger partial charge in [0.05, 0.1) is 6.07 Å². The fourth-order valence-corrected chi connectivity index (χ4v) is 0.214. The Morgan fingerprint density at radius 2 is 2.50 bits per heavy atom. The zero-order valence-electron chi connectivity index (χ0n) is 4.51. The van der Waals surface area contributed by atoms with Gasteiger partial charge in [0, 0.05) is 7.05 Å². The molecule has 44 valence electrons. The number of amides is 1. The molecule has 0 aliphatic carbocycles. The van der Waals surface area contributed by atoms with Crippen LogP contribution in [0.3, 0.4) is 0 Å². The lowest BCUT2D eigenvalue weighted by molar-refractivity contribution is -0.120. The van der Waals surface area contributed by atoms with Gasteiger partial charge in [-0.1, -0.05) is 0 Å². The van der Waals surface area contributed by atoms with Gasteiger partial charge in [0.1, 0.15) is 0 Å². The number of rotatable bonds is 1. The first kappa shape index (κ1) is 6.92. The second kappa shape index (κ2) is 2.99. The molecule has 0 saturated heterocycles. The Bertz CT molecular complexity index is 126. The van der Waals surface area contributed by atoms with E-state index in [9.17, 15) is 4.79 Å². The molecule has 4 nitrogen and oxygen atoms in total. The van der Waals surface area contributed by atoms with Crippen LogP contribution < -0.4 is 11.1 Å². The molecule has 0 rings (SSSR count). The van der Waals surface area contributed by atoms with Crippen LogP contribution in [0.25, 0.3) is 0 Å². The number of nitrogens with one attached hydrogen (secondary N) is 1. The second-order valence-electron chi connectivity index (χ2n) is 1.22. The summed E-state index contributed by atoms with van der Waals surface area (Å²) in [5, 5.41) is 10.2. The molecule has 0 aliphatic rings. The van der Waals surface area contributed by atoms with E-state index in [0.717, 1.165) is 0 Å². The third-order valence-corrected chi connectivity index (χ3v) is 0.668. The molecule has 0 aromatic rings. The molecule has 0 aliphatic heterocycles. The molecule has 0 spiro atoms. The Morgan fingerprint density at radius 3 is 2.62 bits per heavy atom. The van der Waals surface area contributed by atoms with Gasteiger partial charge in [0.25, 0.3) is 5.91 Å². The summed E-state index contributed by atoms with van der Waals surface area (Å²) in [6.45, 7) is 0. The molecule has 0 aromatic carbocycles. The predicted molar refractivity (Wildman–Crippen MR) is 27.7 cm³/mol. The van der Waals surface area contributed by atoms with E-state index in [4.69, 9.17) is 11.0 Å². The molecule has 0 bridgehead atoms. The molecular weight excluding hydrogens is 106 g/mol. The van der Waals surface area contributed by atoms with Crippen molar-refractivity contribution >= 4 is 5.91 Å². The monoisotopic (exact) mass is 113 g/mol. The van der Waals surface area contributed by atoms with Gasteiger partial charge in [-0.05, 0) is 0 Å². The fraction of sp³-hybridized carbons (Fsp3) is 0.500. The Hall–Kier alpha value is -1.08. The highest BCUT2D eigenvalue weighted by Gasteiger charge is 2.07. The summed E-state index contributed by atoms with van der Waals surface area (Å²) >= 11 is 0. The molecule has 1 unspecified atom stereocenters. The average molecular weight is 113 g/mol. The first-order valence-corrected chi connectivity index (χ1v) is 2.09. The number of carbonyl (C=O) groups excluding carboxylic acids is 1. The van der Waals surface area contributed by atoms with Crippen molar-refractivity contribution in [3.8, 4) is 6.07 Å². The van der Waals surface area contributed by atoms with Gasteiger partial charge in [-0.3, -0.25) is 4.79 Å². The lowest BCUT2D eigenvalue weighted by atomic mass is 10.3. The molecule has 0 aromatic heterocycles. The molecule has 0 saturated carbocycles. The number of hydrogen-bond donors (Lipinski definition) is 2. The van der Waals surface area contributed by atoms with Crippen LogP contribution in [0.5, 0.6) is 0 Å². The van der Waals surface area contributed by atoms with Crippen molar-refractivity contribution < 1.29 is 4.79 Å². The molecule has 8 heavy (non-hydrogen) atoms. The van der Waals surface area contributed by atoms with Crippen molar-refractivity contribution in [1.82, 2.24) is 5.32 Å². The summed E-state index contributed by atoms with van der Waals surface area (Å²) in [7, 11) is 1.43. The van der Waals surface area contributed by atoms with E-state index in [2.05, 4.69) is 5.32 Å². The minimum atomic E-state index is -1.03. The summed E-state index contributed by atoms with van der Waals surface area (Å²) in [5.41, 5.74) is 4.95. The van der Waals surface area contributed by atoms with Gasteiger partial charge in [-0.25, -0.2) is 0 Å². The molecule has 4 heteroatoms. The van der Waals surface area contributed by atoms with Gasteiger partial charge < -0.3 is 11.1 Å². The minimum absolute atomic E-state index is 0.451. The van der Waals surface area contributed by atoms with E-state index in [0.29, 0.717) is 0 Å². The molecule has 3 N–H and O–H groups in total. The summed E-state index contributed by atoms with van der Waals surface area (Å²) in [6, 6.07) is 0.554. The van der Waals surface area contributed by atoms with Crippen LogP contribution in [-0.4, -0.2) is 19.0 Å². The standard InChI is InChI=1S/C4H7N3O/c1-7-4(8)3(6)2-5/h3H,6H2,1H3,(H,7,8). The van der Waals surface area contributed by atoms with E-state index < -0.39 is 11.9 Å². The van der Waals surface area contributed by atoms with Crippen LogP contribution in [0.2, 0.25) is 0 Å². The van der Waals surface area contributed by atoms with Crippen molar-refractivity contribution in [2.45, 2.75) is 6.04 Å². The molecular formula is C4H7N3O. The van der Waals surface area contributed by atoms with Crippen molar-refractivity contribution in [2.24, 2.45) is 5.73 Å². The maximum absolute atomic E-state index is 10.3. The number of carbonyl (C=O) groups is 1. The molecule has 1 atom stereocenters. The Labute approximate surface area is 47.3 Å². The highest BCUT2D eigenvalue weighted by Crippen LogP contribution is 1.70. The van der Waals surface area contributed by atoms with Crippen LogP contribution in [0.15, 0.2) is 0 Å². The van der Waals surface area contributed by atoms with Crippen molar-refractivity contribution in [3.63, 3.8) is 0 Å². The Kier molecular flexibility index (Phi) is 2.59. The number of hydrogen-bond acceptors (Lipinski definition) is 3. The highest BCUT2D eigenvalue weighted by atomic mass is 16.2. The average Bonchev–Trinajstić information content (AvgIpc) is 1.84. The fourth-order valence-electron chi connectivity index (χ4n) is 0.214. The minimum Gasteiger partial charge on any atom is -0.357 e. The van der Waals surface area contributed by atoms with Gasteiger partial charge >= 0.3 is 0 Å². The van der Waals surface area contributed by atoms with E-state index >= 15 is 0 Å². The third-order valence-electron chi connectivity index (χ3n) is 0.668. The van der Waals surface area contributed by atoms with Crippen LogP contribution in [0.4, 0.5) is 0 Å². The van der Waals surface area contributed by atoms with Crippen LogP contribution in [-0.2, 0) is 4.79 Å². The van der Waals surface area contributed by atoms with E-state index in [1.807, 2.05) is 0 Å². The van der Waals surface area contributed by atoms with Gasteiger partial charge in [-0.15, -0.1) is 0 Å². The van der Waals surface area contributed by atoms with Crippen molar-refractivity contribution in [3.05, 3.63) is 0 Å². The molecule has 0 fully saturated rings. The first-order valence-electron chi connectivity index (χ1n) is 2.09. The normalized spacial score (nSPS) is 11.6. The lowest BCUT2D eigenvalue weighted by Crippen LogP contribution is -2.37. The molecule has 0 heterocycles. The van der Waals surface area contributed by atoms with Gasteiger partial charge in [0.15, 0.2) is 6.04 Å². The number of nitriles is 1. The SMILES string of the molecule is CNC(=O)C(N)C#N. The zero-order valence-corrected chi connectivity index (χ0v) is 4.51. The molecule has 1 amide bonds. The third kappa shape index (κ3) is 1.58. The largest absolute Gasteiger partial charge is 0.357 e. The van der Waals surface area contributed by atoms with Crippen LogP contribution in [0.1, 0.15) is 0 Å². The predicted octanol–water partition coefficient (Wildman–Crippen LogP) is -1.42. The lowest BCUT2D eigenvalue weighted by Gasteiger charge is -1.96. The smallest absolute Gasteiger partial charge is 0.251 e. The zero-order chi connectivity index (χ0) is 6.57. The van der Waals surface area contributed by atoms with Gasteiger partial charge in [0.2, 0.25) is 0 Å². The summed E-state index contributed by atoms with van der Waals surface area (Å²) in [5.74, 6) is -0.451. The second-order valence-corrected chi connectivity index (χ2v) is 1.22. The summed E-state index contributed by atoms with van der Waals surface area (Å²) in [4.78, 5) is 10.3. The van der Waals surface area contributed by atoms with Crippen molar-refractivity contribution in [1.29, 1.82) is 5.26 Å². The summed E-state index contributed by atoms with van der Waals surface area (Å²) in [6.07, 6.45) is 0. The first-order chi connectivity index (χ1) is 3.72. The quantitative estimate of drug-likeness (QED) is 0.438. The highest BCUT2D eigenvalue weighted by molar-refractivity contribution is 5.83. The number of likely N-dealkylation sites (N-methyl/N-ethyl adjacent to an activating group) is 1. The number of nitrogens with zero attached hydrogens (tertiary/aromatic N) is 1. The van der Waals surface area contributed by atoms with Crippen LogP contribution in [0, 0.1) is 11.3 Å². The summed E-state index contributed by atoms with van der Waals surface area (Å²) < 4.78 is 0.